The van der Waals surface area contributed by atoms with Crippen LogP contribution in [0.3, 0.4) is 0 Å². The second kappa shape index (κ2) is 10.1. The van der Waals surface area contributed by atoms with E-state index in [2.05, 4.69) is 5.32 Å². The van der Waals surface area contributed by atoms with Gasteiger partial charge in [-0.15, -0.1) is 0 Å². The fraction of sp³-hybridized carbons (Fsp3) is 0.107. The van der Waals surface area contributed by atoms with Gasteiger partial charge >= 0.3 is 0 Å². The van der Waals surface area contributed by atoms with Crippen LogP contribution in [-0.2, 0) is 22.7 Å². The van der Waals surface area contributed by atoms with Crippen LogP contribution in [0, 0.1) is 5.82 Å². The van der Waals surface area contributed by atoms with Crippen molar-refractivity contribution >= 4 is 63.1 Å². The minimum absolute atomic E-state index is 0.0212. The summed E-state index contributed by atoms with van der Waals surface area (Å²) in [4.78, 5) is 40.0. The number of halogens is 2. The highest BCUT2D eigenvalue weighted by Gasteiger charge is 2.35. The van der Waals surface area contributed by atoms with Crippen molar-refractivity contribution in [2.45, 2.75) is 13.1 Å². The van der Waals surface area contributed by atoms with E-state index in [1.54, 1.807) is 35.0 Å². The molecule has 0 radical (unpaired) electrons. The van der Waals surface area contributed by atoms with E-state index >= 15 is 0 Å². The lowest BCUT2D eigenvalue weighted by Crippen LogP contribution is -2.27. The van der Waals surface area contributed by atoms with Crippen LogP contribution in [0.5, 0.6) is 11.5 Å². The van der Waals surface area contributed by atoms with Crippen molar-refractivity contribution in [2.24, 2.45) is 0 Å². The Morgan fingerprint density at radius 1 is 1.08 bits per heavy atom. The van der Waals surface area contributed by atoms with Gasteiger partial charge in [0.05, 0.1) is 11.4 Å². The summed E-state index contributed by atoms with van der Waals surface area (Å²) in [6, 6.07) is 16.5. The van der Waals surface area contributed by atoms with Gasteiger partial charge in [-0.05, 0) is 53.7 Å². The Balaban J connectivity index is 1.23. The zero-order valence-electron chi connectivity index (χ0n) is 20.1. The molecular formula is C28H19ClFN3O5S. The van der Waals surface area contributed by atoms with Crippen LogP contribution < -0.4 is 14.8 Å². The van der Waals surface area contributed by atoms with Crippen molar-refractivity contribution < 1.29 is 28.2 Å². The van der Waals surface area contributed by atoms with Gasteiger partial charge in [0.15, 0.2) is 11.5 Å². The number of amides is 3. The molecule has 3 amide bonds. The van der Waals surface area contributed by atoms with Gasteiger partial charge in [0.25, 0.3) is 11.1 Å². The highest BCUT2D eigenvalue weighted by atomic mass is 35.5. The Morgan fingerprint density at radius 2 is 1.90 bits per heavy atom. The summed E-state index contributed by atoms with van der Waals surface area (Å²) in [5, 5.41) is 3.38. The summed E-state index contributed by atoms with van der Waals surface area (Å²) in [7, 11) is 0. The lowest BCUT2D eigenvalue weighted by atomic mass is 10.1. The van der Waals surface area contributed by atoms with Crippen molar-refractivity contribution in [3.63, 3.8) is 0 Å². The summed E-state index contributed by atoms with van der Waals surface area (Å²) in [6.45, 7) is 0.0980. The molecule has 6 rings (SSSR count). The molecule has 1 fully saturated rings. The summed E-state index contributed by atoms with van der Waals surface area (Å²) in [5.41, 5.74) is 2.52. The Morgan fingerprint density at radius 3 is 2.74 bits per heavy atom. The first-order chi connectivity index (χ1) is 18.9. The Kier molecular flexibility index (Phi) is 6.49. The van der Waals surface area contributed by atoms with Crippen molar-refractivity contribution in [3.05, 3.63) is 93.7 Å². The van der Waals surface area contributed by atoms with Gasteiger partial charge < -0.3 is 19.4 Å². The number of aromatic nitrogens is 1. The molecule has 3 heterocycles. The lowest BCUT2D eigenvalue weighted by Gasteiger charge is -2.13. The van der Waals surface area contributed by atoms with Gasteiger partial charge in [0.1, 0.15) is 12.4 Å². The number of carbonyl (C=O) groups excluding carboxylic acids is 3. The maximum absolute atomic E-state index is 13.4. The molecule has 1 aromatic heterocycles. The van der Waals surface area contributed by atoms with E-state index in [4.69, 9.17) is 21.1 Å². The number of imide groups is 1. The molecule has 0 saturated carbocycles. The molecule has 0 spiro atoms. The van der Waals surface area contributed by atoms with E-state index in [0.717, 1.165) is 33.6 Å². The first-order valence-electron chi connectivity index (χ1n) is 11.8. The normalized spacial score (nSPS) is 15.5. The molecule has 3 aromatic carbocycles. The molecule has 0 bridgehead atoms. The van der Waals surface area contributed by atoms with Crippen molar-refractivity contribution in [1.82, 2.24) is 9.47 Å². The molecular weight excluding hydrogens is 545 g/mol. The maximum Gasteiger partial charge on any atom is 0.293 e. The summed E-state index contributed by atoms with van der Waals surface area (Å²) >= 11 is 6.92. The number of hydrogen-bond acceptors (Lipinski definition) is 6. The number of nitrogens with zero attached hydrogens (tertiary/aromatic N) is 2. The minimum Gasteiger partial charge on any atom is -0.454 e. The monoisotopic (exact) mass is 563 g/mol. The van der Waals surface area contributed by atoms with Gasteiger partial charge in [0, 0.05) is 39.4 Å². The van der Waals surface area contributed by atoms with Gasteiger partial charge in [0.2, 0.25) is 12.7 Å². The Labute approximate surface area is 230 Å². The molecule has 0 atom stereocenters. The number of carbonyl (C=O) groups is 3. The molecule has 11 heteroatoms. The number of fused-ring (bicyclic) bond motifs is 2. The van der Waals surface area contributed by atoms with Crippen molar-refractivity contribution in [1.29, 1.82) is 0 Å². The highest BCUT2D eigenvalue weighted by Crippen LogP contribution is 2.36. The first-order valence-corrected chi connectivity index (χ1v) is 13.0. The topological polar surface area (TPSA) is 89.9 Å². The SMILES string of the molecule is O=C(Cn1cc(C=C2SC(=O)N(Cc3ccc(F)cc3Cl)C2=O)c2ccccc21)Nc1ccc2c(c1)OCO2. The molecule has 0 aliphatic carbocycles. The molecule has 1 saturated heterocycles. The van der Waals surface area contributed by atoms with Crippen LogP contribution >= 0.6 is 23.4 Å². The van der Waals surface area contributed by atoms with Crippen LogP contribution in [0.1, 0.15) is 11.1 Å². The molecule has 8 nitrogen and oxygen atoms in total. The van der Waals surface area contributed by atoms with E-state index in [9.17, 15) is 18.8 Å². The number of nitrogens with one attached hydrogen (secondary N) is 1. The molecule has 1 N–H and O–H groups in total. The number of para-hydroxylation sites is 1. The zero-order valence-corrected chi connectivity index (χ0v) is 21.7. The maximum atomic E-state index is 13.4. The second-order valence-electron chi connectivity index (χ2n) is 8.85. The summed E-state index contributed by atoms with van der Waals surface area (Å²) in [5.74, 6) is -0.0319. The average molecular weight is 564 g/mol. The fourth-order valence-corrected chi connectivity index (χ4v) is 5.50. The third kappa shape index (κ3) is 4.96. The van der Waals surface area contributed by atoms with Crippen molar-refractivity contribution in [2.75, 3.05) is 12.1 Å². The fourth-order valence-electron chi connectivity index (χ4n) is 4.45. The highest BCUT2D eigenvalue weighted by molar-refractivity contribution is 8.18. The Bertz CT molecular complexity index is 1700. The van der Waals surface area contributed by atoms with E-state index in [-0.39, 0.29) is 35.7 Å². The number of benzene rings is 3. The van der Waals surface area contributed by atoms with Crippen LogP contribution in [-0.4, -0.2) is 33.3 Å². The smallest absolute Gasteiger partial charge is 0.293 e. The molecule has 0 unspecified atom stereocenters. The molecule has 2 aliphatic heterocycles. The van der Waals surface area contributed by atoms with E-state index in [1.165, 1.54) is 12.1 Å². The second-order valence-corrected chi connectivity index (χ2v) is 10.2. The minimum atomic E-state index is -0.501. The number of hydrogen-bond donors (Lipinski definition) is 1. The van der Waals surface area contributed by atoms with Crippen molar-refractivity contribution in [3.8, 4) is 11.5 Å². The largest absolute Gasteiger partial charge is 0.454 e. The third-order valence-electron chi connectivity index (χ3n) is 6.29. The van der Waals surface area contributed by atoms with E-state index in [1.807, 2.05) is 24.3 Å². The van der Waals surface area contributed by atoms with E-state index < -0.39 is 17.0 Å². The van der Waals surface area contributed by atoms with Crippen LogP contribution in [0.2, 0.25) is 5.02 Å². The molecule has 4 aromatic rings. The quantitative estimate of drug-likeness (QED) is 0.288. The summed E-state index contributed by atoms with van der Waals surface area (Å²) in [6.07, 6.45) is 3.42. The predicted octanol–water partition coefficient (Wildman–Crippen LogP) is 6.04. The van der Waals surface area contributed by atoms with Crippen LogP contribution in [0.25, 0.3) is 17.0 Å². The van der Waals surface area contributed by atoms with Crippen LogP contribution in [0.4, 0.5) is 14.9 Å². The average Bonchev–Trinajstić information content (AvgIpc) is 3.58. The Hall–Kier alpha value is -4.28. The number of thioether (sulfide) groups is 1. The zero-order chi connectivity index (χ0) is 27.1. The summed E-state index contributed by atoms with van der Waals surface area (Å²) < 4.78 is 25.9. The van der Waals surface area contributed by atoms with Gasteiger partial charge in [-0.3, -0.25) is 19.3 Å². The molecule has 196 valence electrons. The number of rotatable bonds is 6. The van der Waals surface area contributed by atoms with Gasteiger partial charge in [-0.25, -0.2) is 4.39 Å². The predicted molar refractivity (Wildman–Crippen MR) is 146 cm³/mol. The molecule has 2 aliphatic rings. The number of ether oxygens (including phenoxy) is 2. The van der Waals surface area contributed by atoms with E-state index in [0.29, 0.717) is 28.3 Å². The van der Waals surface area contributed by atoms with Gasteiger partial charge in [-0.2, -0.15) is 0 Å². The number of anilines is 1. The first kappa shape index (κ1) is 25.0. The van der Waals surface area contributed by atoms with Crippen LogP contribution in [0.15, 0.2) is 71.8 Å². The van der Waals surface area contributed by atoms with Gasteiger partial charge in [-0.1, -0.05) is 35.9 Å². The standard InChI is InChI=1S/C28H19ClFN3O5S/c29-21-10-18(30)6-5-16(21)13-33-27(35)25(39-28(33)36)9-17-12-32(22-4-2-1-3-20(17)22)14-26(34)31-19-7-8-23-24(11-19)38-15-37-23/h1-12H,13-15H2,(H,31,34). The third-order valence-corrected chi connectivity index (χ3v) is 7.55. The lowest BCUT2D eigenvalue weighted by molar-refractivity contribution is -0.123. The molecule has 39 heavy (non-hydrogen) atoms.